The van der Waals surface area contributed by atoms with Gasteiger partial charge in [-0.15, -0.1) is 11.3 Å². The average Bonchev–Trinajstić information content (AvgIpc) is 2.86. The normalized spacial score (nSPS) is 13.2. The molecule has 1 heterocycles. The molecular weight excluding hydrogens is 314 g/mol. The minimum atomic E-state index is -3.14. The van der Waals surface area contributed by atoms with Crippen LogP contribution in [0.5, 0.6) is 0 Å². The van der Waals surface area contributed by atoms with Gasteiger partial charge in [0.1, 0.15) is 0 Å². The van der Waals surface area contributed by atoms with Crippen LogP contribution in [0.3, 0.4) is 0 Å². The molecule has 0 aliphatic heterocycles. The molecule has 108 valence electrons. The SMILES string of the molecule is CCS(=O)(=O)c1ccc(NC(C)c2ccc(Cl)s2)cc1. The maximum absolute atomic E-state index is 11.7. The zero-order chi connectivity index (χ0) is 14.8. The van der Waals surface area contributed by atoms with Crippen molar-refractivity contribution in [3.05, 3.63) is 45.6 Å². The van der Waals surface area contributed by atoms with E-state index in [1.807, 2.05) is 19.1 Å². The van der Waals surface area contributed by atoms with Gasteiger partial charge in [-0.1, -0.05) is 18.5 Å². The molecule has 1 atom stereocenters. The van der Waals surface area contributed by atoms with E-state index >= 15 is 0 Å². The molecule has 2 aromatic rings. The Balaban J connectivity index is 2.11. The molecule has 3 nitrogen and oxygen atoms in total. The van der Waals surface area contributed by atoms with E-state index in [9.17, 15) is 8.42 Å². The minimum absolute atomic E-state index is 0.115. The lowest BCUT2D eigenvalue weighted by Gasteiger charge is -2.14. The summed E-state index contributed by atoms with van der Waals surface area (Å²) >= 11 is 7.45. The summed E-state index contributed by atoms with van der Waals surface area (Å²) in [5.41, 5.74) is 0.886. The Hall–Kier alpha value is -1.04. The van der Waals surface area contributed by atoms with Crippen LogP contribution in [0.1, 0.15) is 24.8 Å². The lowest BCUT2D eigenvalue weighted by Crippen LogP contribution is -2.06. The number of nitrogens with one attached hydrogen (secondary N) is 1. The van der Waals surface area contributed by atoms with Gasteiger partial charge in [0.05, 0.1) is 21.0 Å². The predicted molar refractivity (Wildman–Crippen MR) is 85.5 cm³/mol. The number of thiophene rings is 1. The monoisotopic (exact) mass is 329 g/mol. The number of halogens is 1. The summed E-state index contributed by atoms with van der Waals surface area (Å²) in [6.45, 7) is 3.68. The van der Waals surface area contributed by atoms with Gasteiger partial charge >= 0.3 is 0 Å². The van der Waals surface area contributed by atoms with Crippen molar-refractivity contribution < 1.29 is 8.42 Å². The molecule has 1 aromatic carbocycles. The van der Waals surface area contributed by atoms with E-state index in [0.29, 0.717) is 4.90 Å². The van der Waals surface area contributed by atoms with E-state index in [-0.39, 0.29) is 11.8 Å². The highest BCUT2D eigenvalue weighted by atomic mass is 35.5. The van der Waals surface area contributed by atoms with Crippen LogP contribution in [0.4, 0.5) is 5.69 Å². The molecule has 1 aromatic heterocycles. The lowest BCUT2D eigenvalue weighted by molar-refractivity contribution is 0.597. The van der Waals surface area contributed by atoms with E-state index in [1.54, 1.807) is 31.2 Å². The number of rotatable bonds is 5. The number of anilines is 1. The average molecular weight is 330 g/mol. The third kappa shape index (κ3) is 3.53. The Labute approximate surface area is 128 Å². The first-order valence-corrected chi connectivity index (χ1v) is 9.11. The summed E-state index contributed by atoms with van der Waals surface area (Å²) in [7, 11) is -3.14. The Morgan fingerprint density at radius 2 is 1.85 bits per heavy atom. The number of sulfone groups is 1. The van der Waals surface area contributed by atoms with Crippen LogP contribution in [-0.2, 0) is 9.84 Å². The van der Waals surface area contributed by atoms with Crippen LogP contribution in [0.15, 0.2) is 41.3 Å². The van der Waals surface area contributed by atoms with Crippen LogP contribution in [0.25, 0.3) is 0 Å². The fraction of sp³-hybridized carbons (Fsp3) is 0.286. The topological polar surface area (TPSA) is 46.2 Å². The third-order valence-electron chi connectivity index (χ3n) is 3.00. The van der Waals surface area contributed by atoms with Gasteiger partial charge < -0.3 is 5.32 Å². The van der Waals surface area contributed by atoms with E-state index in [2.05, 4.69) is 5.32 Å². The first-order valence-electron chi connectivity index (χ1n) is 6.27. The molecule has 0 saturated heterocycles. The van der Waals surface area contributed by atoms with Crippen molar-refractivity contribution in [1.82, 2.24) is 0 Å². The largest absolute Gasteiger partial charge is 0.378 e. The van der Waals surface area contributed by atoms with E-state index in [4.69, 9.17) is 11.6 Å². The molecule has 0 radical (unpaired) electrons. The van der Waals surface area contributed by atoms with Crippen LogP contribution >= 0.6 is 22.9 Å². The summed E-state index contributed by atoms with van der Waals surface area (Å²) in [6, 6.07) is 10.8. The van der Waals surface area contributed by atoms with E-state index in [0.717, 1.165) is 14.9 Å². The second-order valence-electron chi connectivity index (χ2n) is 4.44. The molecule has 0 spiro atoms. The van der Waals surface area contributed by atoms with Crippen molar-refractivity contribution >= 4 is 38.5 Å². The molecule has 1 unspecified atom stereocenters. The summed E-state index contributed by atoms with van der Waals surface area (Å²) in [5, 5.41) is 3.33. The van der Waals surface area contributed by atoms with Gasteiger partial charge in [0.2, 0.25) is 0 Å². The Morgan fingerprint density at radius 3 is 2.35 bits per heavy atom. The van der Waals surface area contributed by atoms with Gasteiger partial charge in [-0.05, 0) is 43.3 Å². The van der Waals surface area contributed by atoms with Crippen LogP contribution in [0.2, 0.25) is 4.34 Å². The van der Waals surface area contributed by atoms with Crippen LogP contribution in [-0.4, -0.2) is 14.2 Å². The molecule has 6 heteroatoms. The Morgan fingerprint density at radius 1 is 1.20 bits per heavy atom. The maximum atomic E-state index is 11.7. The highest BCUT2D eigenvalue weighted by Gasteiger charge is 2.12. The molecule has 2 rings (SSSR count). The smallest absolute Gasteiger partial charge is 0.178 e. The Bertz CT molecular complexity index is 677. The molecule has 20 heavy (non-hydrogen) atoms. The first-order chi connectivity index (χ1) is 9.42. The molecular formula is C14H16ClNO2S2. The van der Waals surface area contributed by atoms with Crippen LogP contribution in [0, 0.1) is 0 Å². The van der Waals surface area contributed by atoms with Gasteiger partial charge in [-0.25, -0.2) is 8.42 Å². The summed E-state index contributed by atoms with van der Waals surface area (Å²) in [4.78, 5) is 1.50. The quantitative estimate of drug-likeness (QED) is 0.886. The van der Waals surface area contributed by atoms with E-state index in [1.165, 1.54) is 11.3 Å². The lowest BCUT2D eigenvalue weighted by atomic mass is 10.2. The molecule has 0 aliphatic carbocycles. The summed E-state index contributed by atoms with van der Waals surface area (Å²) < 4.78 is 24.2. The van der Waals surface area contributed by atoms with Crippen molar-refractivity contribution in [2.24, 2.45) is 0 Å². The first kappa shape index (κ1) is 15.4. The third-order valence-corrected chi connectivity index (χ3v) is 6.16. The van der Waals surface area contributed by atoms with Gasteiger partial charge in [0, 0.05) is 10.6 Å². The highest BCUT2D eigenvalue weighted by Crippen LogP contribution is 2.29. The van der Waals surface area contributed by atoms with Crippen molar-refractivity contribution in [1.29, 1.82) is 0 Å². The molecule has 0 saturated carbocycles. The van der Waals surface area contributed by atoms with Crippen molar-refractivity contribution in [2.75, 3.05) is 11.1 Å². The molecule has 0 aliphatic rings. The summed E-state index contributed by atoms with van der Waals surface area (Å²) in [5.74, 6) is 0.115. The van der Waals surface area contributed by atoms with Gasteiger partial charge in [0.25, 0.3) is 0 Å². The fourth-order valence-corrected chi connectivity index (χ4v) is 3.75. The fourth-order valence-electron chi connectivity index (χ4n) is 1.81. The maximum Gasteiger partial charge on any atom is 0.178 e. The Kier molecular flexibility index (Phi) is 4.73. The van der Waals surface area contributed by atoms with Crippen molar-refractivity contribution in [2.45, 2.75) is 24.8 Å². The zero-order valence-electron chi connectivity index (χ0n) is 11.3. The minimum Gasteiger partial charge on any atom is -0.378 e. The number of hydrogen-bond donors (Lipinski definition) is 1. The van der Waals surface area contributed by atoms with Crippen molar-refractivity contribution in [3.8, 4) is 0 Å². The summed E-state index contributed by atoms with van der Waals surface area (Å²) in [6.07, 6.45) is 0. The molecule has 0 amide bonds. The molecule has 0 bridgehead atoms. The molecule has 1 N–H and O–H groups in total. The molecule has 0 fully saturated rings. The van der Waals surface area contributed by atoms with Gasteiger partial charge in [-0.2, -0.15) is 0 Å². The van der Waals surface area contributed by atoms with Gasteiger partial charge in [-0.3, -0.25) is 0 Å². The van der Waals surface area contributed by atoms with E-state index < -0.39 is 9.84 Å². The zero-order valence-corrected chi connectivity index (χ0v) is 13.6. The van der Waals surface area contributed by atoms with Crippen LogP contribution < -0.4 is 5.32 Å². The van der Waals surface area contributed by atoms with Crippen molar-refractivity contribution in [3.63, 3.8) is 0 Å². The predicted octanol–water partition coefficient (Wildman–Crippen LogP) is 4.37. The van der Waals surface area contributed by atoms with Gasteiger partial charge in [0.15, 0.2) is 9.84 Å². The number of hydrogen-bond acceptors (Lipinski definition) is 4. The second kappa shape index (κ2) is 6.16. The standard InChI is InChI=1S/C14H16ClNO2S2/c1-3-20(17,18)12-6-4-11(5-7-12)16-10(2)13-8-9-14(15)19-13/h4-10,16H,3H2,1-2H3. The second-order valence-corrected chi connectivity index (χ2v) is 8.46. The highest BCUT2D eigenvalue weighted by molar-refractivity contribution is 7.91. The number of benzene rings is 1.